The maximum Gasteiger partial charge on any atom is 0.408 e. The molecule has 0 bridgehead atoms. The Hall–Kier alpha value is -4.26. The Bertz CT molecular complexity index is 1480. The van der Waals surface area contributed by atoms with Crippen LogP contribution in [0.25, 0.3) is 5.57 Å². The quantitative estimate of drug-likeness (QED) is 0.0648. The van der Waals surface area contributed by atoms with Crippen LogP contribution in [0.2, 0.25) is 0 Å². The maximum absolute atomic E-state index is 13.0. The van der Waals surface area contributed by atoms with Crippen molar-refractivity contribution in [3.8, 4) is 5.75 Å². The second kappa shape index (κ2) is 14.6. The Balaban J connectivity index is 1.75. The number of para-hydroxylation sites is 1. The van der Waals surface area contributed by atoms with E-state index in [1.165, 1.54) is 24.3 Å². The molecule has 0 aliphatic heterocycles. The average molecular weight is 686 g/mol. The molecule has 0 aliphatic rings. The summed E-state index contributed by atoms with van der Waals surface area (Å²) in [6.07, 6.45) is 0.763. The zero-order valence-corrected chi connectivity index (χ0v) is 25.7. The highest BCUT2D eigenvalue weighted by atomic mass is 127. The molecule has 220 valence electrons. The van der Waals surface area contributed by atoms with Crippen LogP contribution in [0.1, 0.15) is 44.4 Å². The van der Waals surface area contributed by atoms with Gasteiger partial charge in [-0.2, -0.15) is 0 Å². The van der Waals surface area contributed by atoms with Crippen LogP contribution < -0.4 is 10.1 Å². The van der Waals surface area contributed by atoms with Crippen molar-refractivity contribution < 1.29 is 33.5 Å². The van der Waals surface area contributed by atoms with E-state index in [0.717, 1.165) is 5.56 Å². The van der Waals surface area contributed by atoms with Gasteiger partial charge in [0.15, 0.2) is 0 Å². The fourth-order valence-corrected chi connectivity index (χ4v) is 4.55. The predicted octanol–water partition coefficient (Wildman–Crippen LogP) is 6.39. The van der Waals surface area contributed by atoms with Crippen molar-refractivity contribution in [3.63, 3.8) is 0 Å². The van der Waals surface area contributed by atoms with Gasteiger partial charge in [-0.25, -0.2) is 14.4 Å². The molecule has 1 amide bonds. The molecule has 0 aromatic heterocycles. The summed E-state index contributed by atoms with van der Waals surface area (Å²) >= 11 is 1.99. The van der Waals surface area contributed by atoms with E-state index in [9.17, 15) is 24.5 Å². The number of nitrogens with one attached hydrogen (secondary N) is 1. The molecule has 11 heteroatoms. The minimum Gasteiger partial charge on any atom is -0.458 e. The third-order valence-electron chi connectivity index (χ3n) is 5.73. The monoisotopic (exact) mass is 686 g/mol. The van der Waals surface area contributed by atoms with Crippen molar-refractivity contribution in [2.45, 2.75) is 52.4 Å². The molecular weight excluding hydrogens is 655 g/mol. The summed E-state index contributed by atoms with van der Waals surface area (Å²) in [6.45, 7) is 6.81. The van der Waals surface area contributed by atoms with Gasteiger partial charge in [-0.15, -0.1) is 0 Å². The zero-order chi connectivity index (χ0) is 30.9. The van der Waals surface area contributed by atoms with Gasteiger partial charge in [0.2, 0.25) is 0 Å². The van der Waals surface area contributed by atoms with E-state index >= 15 is 0 Å². The molecule has 0 radical (unpaired) electrons. The summed E-state index contributed by atoms with van der Waals surface area (Å²) in [5, 5.41) is 14.0. The molecule has 42 heavy (non-hydrogen) atoms. The number of nitro benzene ring substituents is 1. The van der Waals surface area contributed by atoms with Crippen LogP contribution in [-0.4, -0.2) is 34.6 Å². The van der Waals surface area contributed by atoms with Crippen LogP contribution in [0.4, 0.5) is 10.5 Å². The summed E-state index contributed by atoms with van der Waals surface area (Å²) in [4.78, 5) is 49.4. The van der Waals surface area contributed by atoms with Gasteiger partial charge in [-0.05, 0) is 79.6 Å². The molecule has 0 fully saturated rings. The summed E-state index contributed by atoms with van der Waals surface area (Å²) in [5.74, 6) is -1.16. The minimum atomic E-state index is -1.05. The van der Waals surface area contributed by atoms with Gasteiger partial charge in [-0.3, -0.25) is 10.1 Å². The smallest absolute Gasteiger partial charge is 0.408 e. The lowest BCUT2D eigenvalue weighted by atomic mass is 10.0. The van der Waals surface area contributed by atoms with Crippen molar-refractivity contribution in [2.75, 3.05) is 0 Å². The van der Waals surface area contributed by atoms with Crippen LogP contribution in [0.3, 0.4) is 0 Å². The molecule has 3 aromatic carbocycles. The number of alkyl carbamates (subject to hydrolysis) is 1. The molecule has 0 aliphatic carbocycles. The molecular formula is C31H31IN2O8. The number of carbonyl (C=O) groups is 3. The number of allylic oxidation sites excluding steroid dienone is 1. The molecule has 1 N–H and O–H groups in total. The molecule has 1 atom stereocenters. The fourth-order valence-electron chi connectivity index (χ4n) is 3.86. The number of rotatable bonds is 10. The van der Waals surface area contributed by atoms with Gasteiger partial charge >= 0.3 is 18.0 Å². The maximum atomic E-state index is 13.0. The third kappa shape index (κ3) is 9.40. The minimum absolute atomic E-state index is 0.0337. The van der Waals surface area contributed by atoms with E-state index in [4.69, 9.17) is 14.2 Å². The topological polar surface area (TPSA) is 134 Å². The van der Waals surface area contributed by atoms with E-state index in [2.05, 4.69) is 5.32 Å². The van der Waals surface area contributed by atoms with Crippen molar-refractivity contribution in [1.29, 1.82) is 0 Å². The van der Waals surface area contributed by atoms with Gasteiger partial charge in [0.25, 0.3) is 5.69 Å². The highest BCUT2D eigenvalue weighted by Crippen LogP contribution is 2.29. The van der Waals surface area contributed by atoms with E-state index < -0.39 is 34.6 Å². The van der Waals surface area contributed by atoms with Gasteiger partial charge in [0, 0.05) is 12.5 Å². The van der Waals surface area contributed by atoms with Crippen LogP contribution in [0.5, 0.6) is 5.75 Å². The van der Waals surface area contributed by atoms with E-state index in [1.807, 2.05) is 52.9 Å². The van der Waals surface area contributed by atoms with Gasteiger partial charge < -0.3 is 19.5 Å². The number of benzene rings is 3. The third-order valence-corrected chi connectivity index (χ3v) is 6.58. The predicted molar refractivity (Wildman–Crippen MR) is 165 cm³/mol. The molecule has 10 nitrogen and oxygen atoms in total. The number of hydrogen-bond acceptors (Lipinski definition) is 8. The molecule has 0 saturated heterocycles. The molecule has 0 saturated carbocycles. The Morgan fingerprint density at radius 2 is 1.67 bits per heavy atom. The molecule has 0 unspecified atom stereocenters. The van der Waals surface area contributed by atoms with Crippen molar-refractivity contribution in [2.24, 2.45) is 0 Å². The number of halogens is 1. The first-order valence-electron chi connectivity index (χ1n) is 13.0. The first-order valence-corrected chi connectivity index (χ1v) is 14.1. The largest absolute Gasteiger partial charge is 0.458 e. The number of carbonyl (C=O) groups excluding carboxylic acids is 3. The Kier molecular flexibility index (Phi) is 11.2. The van der Waals surface area contributed by atoms with E-state index in [1.54, 1.807) is 52.0 Å². The number of esters is 2. The summed E-state index contributed by atoms with van der Waals surface area (Å²) in [6, 6.07) is 18.9. The summed E-state index contributed by atoms with van der Waals surface area (Å²) in [5.41, 5.74) is 0.649. The zero-order valence-electron chi connectivity index (χ0n) is 23.6. The van der Waals surface area contributed by atoms with E-state index in [-0.39, 0.29) is 35.6 Å². The highest BCUT2D eigenvalue weighted by Gasteiger charge is 2.28. The van der Waals surface area contributed by atoms with Gasteiger partial charge in [0.1, 0.15) is 24.0 Å². The first kappa shape index (κ1) is 32.3. The highest BCUT2D eigenvalue weighted by molar-refractivity contribution is 14.1. The molecule has 3 rings (SSSR count). The first-order chi connectivity index (χ1) is 19.9. The second-order valence-corrected chi connectivity index (χ2v) is 11.3. The van der Waals surface area contributed by atoms with Gasteiger partial charge in [-0.1, -0.05) is 54.6 Å². The standard InChI is InChI=1S/C31H31IN2O8/c1-5-22(23-13-9-10-14-26(23)34(38)39)28(35)41-27-16-15-21(17-24(27)32)18-25(29(36)42-31(2,3)4)33-30(37)40-19-20-11-7-6-8-12-20/h5-17,25H,18-19H2,1-4H3,(H,33,37)/b22-5+/t25-/m0/s1. The van der Waals surface area contributed by atoms with E-state index in [0.29, 0.717) is 9.13 Å². The van der Waals surface area contributed by atoms with Crippen molar-refractivity contribution in [3.05, 3.63) is 109 Å². The number of ether oxygens (including phenoxy) is 3. The Morgan fingerprint density at radius 1 is 1.00 bits per heavy atom. The summed E-state index contributed by atoms with van der Waals surface area (Å²) < 4.78 is 16.9. The number of nitrogens with zero attached hydrogens (tertiary/aromatic N) is 1. The molecule has 0 spiro atoms. The lowest BCUT2D eigenvalue weighted by molar-refractivity contribution is -0.385. The lowest BCUT2D eigenvalue weighted by Gasteiger charge is -2.24. The van der Waals surface area contributed by atoms with Crippen molar-refractivity contribution >= 4 is 51.9 Å². The Labute approximate surface area is 257 Å². The molecule has 3 aromatic rings. The summed E-state index contributed by atoms with van der Waals surface area (Å²) in [7, 11) is 0. The van der Waals surface area contributed by atoms with Crippen LogP contribution in [0, 0.1) is 13.7 Å². The van der Waals surface area contributed by atoms with Crippen LogP contribution in [0.15, 0.2) is 78.9 Å². The second-order valence-electron chi connectivity index (χ2n) is 10.1. The fraction of sp³-hybridized carbons (Fsp3) is 0.258. The number of nitro groups is 1. The molecule has 0 heterocycles. The number of amides is 1. The Morgan fingerprint density at radius 3 is 2.29 bits per heavy atom. The normalized spacial score (nSPS) is 12.2. The van der Waals surface area contributed by atoms with Crippen molar-refractivity contribution in [1.82, 2.24) is 5.32 Å². The average Bonchev–Trinajstić information content (AvgIpc) is 2.93. The SMILES string of the molecule is C/C=C(/C(=O)Oc1ccc(C[C@H](NC(=O)OCc2ccccc2)C(=O)OC(C)(C)C)cc1I)c1ccccc1[N+](=O)[O-]. The van der Waals surface area contributed by atoms with Gasteiger partial charge in [0.05, 0.1) is 19.6 Å². The number of hydrogen-bond donors (Lipinski definition) is 1. The van der Waals surface area contributed by atoms with Crippen LogP contribution >= 0.6 is 22.6 Å². The van der Waals surface area contributed by atoms with Crippen LogP contribution in [-0.2, 0) is 32.1 Å². The lowest BCUT2D eigenvalue weighted by Crippen LogP contribution is -2.45.